The van der Waals surface area contributed by atoms with Crippen molar-refractivity contribution in [2.45, 2.75) is 31.3 Å². The highest BCUT2D eigenvalue weighted by Crippen LogP contribution is 2.34. The second kappa shape index (κ2) is 8.18. The second-order valence-electron chi connectivity index (χ2n) is 6.76. The first-order chi connectivity index (χ1) is 14.4. The first-order valence-electron chi connectivity index (χ1n) is 8.87. The summed E-state index contributed by atoms with van der Waals surface area (Å²) in [6.45, 7) is -0.941. The number of halogens is 5. The summed E-state index contributed by atoms with van der Waals surface area (Å²) in [5.41, 5.74) is -0.197. The van der Waals surface area contributed by atoms with Gasteiger partial charge in [0.15, 0.2) is 0 Å². The Morgan fingerprint density at radius 1 is 1.23 bits per heavy atom. The molecule has 2 aromatic carbocycles. The minimum atomic E-state index is -3.13. The highest BCUT2D eigenvalue weighted by molar-refractivity contribution is 6.61. The molecule has 1 aliphatic rings. The van der Waals surface area contributed by atoms with E-state index in [1.165, 1.54) is 49.4 Å². The molecule has 0 radical (unpaired) electrons. The van der Waals surface area contributed by atoms with Crippen LogP contribution in [0, 0.1) is 0 Å². The molecule has 1 unspecified atom stereocenters. The molecule has 11 heteroatoms. The molecule has 0 bridgehead atoms. The highest BCUT2D eigenvalue weighted by Gasteiger charge is 2.54. The number of nitrogens with one attached hydrogen (secondary N) is 1. The van der Waals surface area contributed by atoms with E-state index in [1.807, 2.05) is 0 Å². The SMILES string of the molecule is CC1=NN(c2ccc(OC(F)F)cc2)C(=O)C1(Cl)C(=O)Nc1cccc(C(C)(F)F)c1. The van der Waals surface area contributed by atoms with Crippen LogP contribution in [0.1, 0.15) is 19.4 Å². The van der Waals surface area contributed by atoms with Crippen molar-refractivity contribution in [3.8, 4) is 5.75 Å². The Bertz CT molecular complexity index is 1040. The van der Waals surface area contributed by atoms with Crippen molar-refractivity contribution in [2.24, 2.45) is 5.10 Å². The quantitative estimate of drug-likeness (QED) is 0.387. The standard InChI is InChI=1S/C20H16ClF4N3O3/c1-11-20(21,16(29)26-13-5-3-4-12(10-13)19(2,24)25)17(30)28(27-11)14-6-8-15(9-7-14)31-18(22)23/h3-10,18H,1-2H3,(H,26,29). The molecule has 2 amide bonds. The van der Waals surface area contributed by atoms with Crippen LogP contribution in [0.2, 0.25) is 0 Å². The Balaban J connectivity index is 1.81. The Morgan fingerprint density at radius 2 is 1.87 bits per heavy atom. The maximum absolute atomic E-state index is 13.5. The summed E-state index contributed by atoms with van der Waals surface area (Å²) in [4.78, 5) is 23.5. The molecule has 0 fully saturated rings. The molecule has 0 saturated carbocycles. The van der Waals surface area contributed by atoms with Crippen molar-refractivity contribution >= 4 is 40.5 Å². The van der Waals surface area contributed by atoms with Gasteiger partial charge >= 0.3 is 6.61 Å². The minimum absolute atomic E-state index is 0.0246. The van der Waals surface area contributed by atoms with E-state index in [2.05, 4.69) is 15.2 Å². The van der Waals surface area contributed by atoms with Crippen molar-refractivity contribution in [3.05, 3.63) is 54.1 Å². The number of hydrogen-bond donors (Lipinski definition) is 1. The number of carbonyl (C=O) groups excluding carboxylic acids is 2. The number of hydrogen-bond acceptors (Lipinski definition) is 4. The van der Waals surface area contributed by atoms with Crippen LogP contribution in [0.15, 0.2) is 53.6 Å². The van der Waals surface area contributed by atoms with Crippen LogP contribution in [0.4, 0.5) is 28.9 Å². The van der Waals surface area contributed by atoms with Gasteiger partial charge in [0.05, 0.1) is 11.4 Å². The first kappa shape index (κ1) is 22.5. The molecule has 0 aliphatic carbocycles. The largest absolute Gasteiger partial charge is 0.435 e. The molecular formula is C20H16ClF4N3O3. The van der Waals surface area contributed by atoms with Crippen molar-refractivity contribution in [1.82, 2.24) is 0 Å². The van der Waals surface area contributed by atoms with E-state index in [0.29, 0.717) is 6.92 Å². The zero-order valence-electron chi connectivity index (χ0n) is 16.2. The van der Waals surface area contributed by atoms with Gasteiger partial charge in [0.2, 0.25) is 4.87 Å². The van der Waals surface area contributed by atoms with Crippen molar-refractivity contribution in [2.75, 3.05) is 10.3 Å². The van der Waals surface area contributed by atoms with E-state index >= 15 is 0 Å². The van der Waals surface area contributed by atoms with Crippen LogP contribution in [-0.4, -0.2) is 29.0 Å². The summed E-state index contributed by atoms with van der Waals surface area (Å²) in [5, 5.41) is 7.22. The van der Waals surface area contributed by atoms with Gasteiger partial charge in [0, 0.05) is 18.2 Å². The Morgan fingerprint density at radius 3 is 2.45 bits per heavy atom. The molecule has 31 heavy (non-hydrogen) atoms. The maximum atomic E-state index is 13.5. The summed E-state index contributed by atoms with van der Waals surface area (Å²) >= 11 is 6.34. The lowest BCUT2D eigenvalue weighted by Crippen LogP contribution is -2.50. The number of ether oxygens (including phenoxy) is 1. The third kappa shape index (κ3) is 4.48. The average Bonchev–Trinajstić information content (AvgIpc) is 2.93. The highest BCUT2D eigenvalue weighted by atomic mass is 35.5. The molecular weight excluding hydrogens is 442 g/mol. The third-order valence-electron chi connectivity index (χ3n) is 4.48. The van der Waals surface area contributed by atoms with E-state index in [0.717, 1.165) is 11.1 Å². The lowest BCUT2D eigenvalue weighted by molar-refractivity contribution is -0.126. The Kier molecular flexibility index (Phi) is 5.95. The summed E-state index contributed by atoms with van der Waals surface area (Å²) in [7, 11) is 0. The van der Waals surface area contributed by atoms with Gasteiger partial charge in [0.25, 0.3) is 17.7 Å². The number of amides is 2. The van der Waals surface area contributed by atoms with Gasteiger partial charge in [-0.05, 0) is 43.3 Å². The Labute approximate surface area is 179 Å². The fraction of sp³-hybridized carbons (Fsp3) is 0.250. The van der Waals surface area contributed by atoms with Crippen LogP contribution < -0.4 is 15.1 Å². The van der Waals surface area contributed by atoms with E-state index in [4.69, 9.17) is 11.6 Å². The number of benzene rings is 2. The number of hydrazone groups is 1. The van der Waals surface area contributed by atoms with Gasteiger partial charge in [-0.3, -0.25) is 9.59 Å². The van der Waals surface area contributed by atoms with Gasteiger partial charge in [0.1, 0.15) is 5.75 Å². The molecule has 164 valence electrons. The number of carbonyl (C=O) groups is 2. The Hall–Kier alpha value is -3.14. The number of rotatable bonds is 6. The lowest BCUT2D eigenvalue weighted by Gasteiger charge is -2.21. The molecule has 0 saturated heterocycles. The van der Waals surface area contributed by atoms with Crippen molar-refractivity contribution in [3.63, 3.8) is 0 Å². The zero-order valence-corrected chi connectivity index (χ0v) is 17.0. The van der Waals surface area contributed by atoms with Crippen LogP contribution >= 0.6 is 11.6 Å². The van der Waals surface area contributed by atoms with Crippen LogP contribution in [0.5, 0.6) is 5.75 Å². The summed E-state index contributed by atoms with van der Waals surface area (Å²) in [6.07, 6.45) is 0. The minimum Gasteiger partial charge on any atom is -0.435 e. The van der Waals surface area contributed by atoms with E-state index < -0.39 is 29.2 Å². The predicted molar refractivity (Wildman–Crippen MR) is 107 cm³/mol. The second-order valence-corrected chi connectivity index (χ2v) is 7.32. The molecule has 6 nitrogen and oxygen atoms in total. The number of anilines is 2. The number of alkyl halides is 5. The van der Waals surface area contributed by atoms with Crippen molar-refractivity contribution < 1.29 is 31.9 Å². The molecule has 0 spiro atoms. The van der Waals surface area contributed by atoms with E-state index in [9.17, 15) is 27.2 Å². The predicted octanol–water partition coefficient (Wildman–Crippen LogP) is 4.74. The fourth-order valence-electron chi connectivity index (χ4n) is 2.86. The van der Waals surface area contributed by atoms with E-state index in [-0.39, 0.29) is 28.4 Å². The summed E-state index contributed by atoms with van der Waals surface area (Å²) < 4.78 is 55.9. The molecule has 0 aromatic heterocycles. The number of nitrogens with zero attached hydrogens (tertiary/aromatic N) is 2. The van der Waals surface area contributed by atoms with E-state index in [1.54, 1.807) is 0 Å². The van der Waals surface area contributed by atoms with Crippen LogP contribution in [0.25, 0.3) is 0 Å². The average molecular weight is 458 g/mol. The molecule has 1 N–H and O–H groups in total. The first-order valence-corrected chi connectivity index (χ1v) is 9.24. The van der Waals surface area contributed by atoms with Crippen molar-refractivity contribution in [1.29, 1.82) is 0 Å². The van der Waals surface area contributed by atoms with Gasteiger partial charge < -0.3 is 10.1 Å². The van der Waals surface area contributed by atoms with Gasteiger partial charge in [-0.2, -0.15) is 18.9 Å². The van der Waals surface area contributed by atoms with Gasteiger partial charge in [-0.1, -0.05) is 23.7 Å². The molecule has 3 rings (SSSR count). The fourth-order valence-corrected chi connectivity index (χ4v) is 3.02. The molecule has 1 aliphatic heterocycles. The van der Waals surface area contributed by atoms with Crippen LogP contribution in [-0.2, 0) is 15.5 Å². The lowest BCUT2D eigenvalue weighted by atomic mass is 10.0. The smallest absolute Gasteiger partial charge is 0.387 e. The molecule has 1 atom stereocenters. The summed E-state index contributed by atoms with van der Waals surface area (Å²) in [5.74, 6) is -5.15. The molecule has 1 heterocycles. The normalized spacial score (nSPS) is 18.9. The maximum Gasteiger partial charge on any atom is 0.387 e. The van der Waals surface area contributed by atoms with Gasteiger partial charge in [-0.15, -0.1) is 0 Å². The van der Waals surface area contributed by atoms with Crippen LogP contribution in [0.3, 0.4) is 0 Å². The molecule has 2 aromatic rings. The monoisotopic (exact) mass is 457 g/mol. The summed E-state index contributed by atoms with van der Waals surface area (Å²) in [6, 6.07) is 9.95. The third-order valence-corrected chi connectivity index (χ3v) is 5.09. The zero-order chi connectivity index (χ0) is 23.0. The van der Waals surface area contributed by atoms with Gasteiger partial charge in [-0.25, -0.2) is 8.78 Å². The topological polar surface area (TPSA) is 71.0 Å².